The first kappa shape index (κ1) is 23.5. The summed E-state index contributed by atoms with van der Waals surface area (Å²) in [6.45, 7) is 5.57. The maximum absolute atomic E-state index is 12.1. The fraction of sp³-hybridized carbons (Fsp3) is 0.273. The fourth-order valence-electron chi connectivity index (χ4n) is 4.20. The van der Waals surface area contributed by atoms with Crippen LogP contribution in [0.15, 0.2) is 40.1 Å². The quantitative estimate of drug-likeness (QED) is 0.401. The predicted octanol–water partition coefficient (Wildman–Crippen LogP) is 3.98. The Morgan fingerprint density at radius 2 is 2.00 bits per heavy atom. The summed E-state index contributed by atoms with van der Waals surface area (Å²) in [5.74, 6) is 0.122. The number of thiazole rings is 1. The molecule has 4 heterocycles. The molecular weight excluding hydrogens is 514 g/mol. The molecule has 1 aliphatic heterocycles. The van der Waals surface area contributed by atoms with Gasteiger partial charge in [0, 0.05) is 67.2 Å². The van der Waals surface area contributed by atoms with Crippen LogP contribution in [-0.4, -0.2) is 60.3 Å². The van der Waals surface area contributed by atoms with Gasteiger partial charge in [-0.2, -0.15) is 0 Å². The number of thiophene rings is 1. The van der Waals surface area contributed by atoms with Crippen LogP contribution >= 0.6 is 34.3 Å². The molecule has 1 aromatic carbocycles. The van der Waals surface area contributed by atoms with Crippen molar-refractivity contribution in [3.05, 3.63) is 45.7 Å². The van der Waals surface area contributed by atoms with Crippen LogP contribution in [0.4, 0.5) is 0 Å². The third-order valence-corrected chi connectivity index (χ3v) is 9.64. The number of hydrogen-bond donors (Lipinski definition) is 2. The number of rotatable bonds is 5. The van der Waals surface area contributed by atoms with Gasteiger partial charge < -0.3 is 9.88 Å². The number of halogens is 1. The van der Waals surface area contributed by atoms with Crippen molar-refractivity contribution in [3.8, 4) is 21.8 Å². The lowest BCUT2D eigenvalue weighted by Crippen LogP contribution is -2.47. The first-order valence-electron chi connectivity index (χ1n) is 10.6. The van der Waals surface area contributed by atoms with E-state index in [0.29, 0.717) is 16.1 Å². The van der Waals surface area contributed by atoms with E-state index in [-0.39, 0.29) is 10.1 Å². The molecule has 0 unspecified atom stereocenters. The second-order valence-corrected chi connectivity index (χ2v) is 12.3. The molecule has 0 atom stereocenters. The lowest BCUT2D eigenvalue weighted by atomic mass is 10.1. The van der Waals surface area contributed by atoms with E-state index in [2.05, 4.69) is 14.9 Å². The minimum Gasteiger partial charge on any atom is -0.352 e. The zero-order valence-electron chi connectivity index (χ0n) is 18.2. The average molecular weight is 536 g/mol. The number of fused-ring (bicyclic) bond motifs is 1. The number of nitrogens with one attached hydrogen (secondary N) is 1. The van der Waals surface area contributed by atoms with Crippen molar-refractivity contribution >= 4 is 61.1 Å². The predicted molar refractivity (Wildman–Crippen MR) is 137 cm³/mol. The summed E-state index contributed by atoms with van der Waals surface area (Å²) >= 11 is 9.20. The molecule has 3 N–H and O–H groups in total. The summed E-state index contributed by atoms with van der Waals surface area (Å²) in [5.41, 5.74) is 2.67. The zero-order chi connectivity index (χ0) is 24.0. The van der Waals surface area contributed by atoms with E-state index < -0.39 is 10.0 Å². The highest BCUT2D eigenvalue weighted by atomic mass is 35.5. The zero-order valence-corrected chi connectivity index (χ0v) is 21.5. The van der Waals surface area contributed by atoms with E-state index in [4.69, 9.17) is 16.7 Å². The fourth-order valence-corrected chi connectivity index (χ4v) is 7.19. The van der Waals surface area contributed by atoms with E-state index in [1.807, 2.05) is 23.2 Å². The summed E-state index contributed by atoms with van der Waals surface area (Å²) in [6, 6.07) is 7.37. The van der Waals surface area contributed by atoms with Gasteiger partial charge in [0.1, 0.15) is 9.22 Å². The standard InChI is InChI=1S/C22H22ClN5O3S3/c1-13(29)28-7-5-27(6-8-28)12-15-11-25-21(33-15)18-10-14-2-3-17(23)19(20(14)26-18)16-4-9-32-22(16)34(24,30)31/h2-4,9-11,26H,5-8,12H2,1H3,(H2,24,30,31). The number of carbonyl (C=O) groups is 1. The maximum atomic E-state index is 12.1. The molecule has 0 radical (unpaired) electrons. The summed E-state index contributed by atoms with van der Waals surface area (Å²) in [5, 5.41) is 9.30. The number of nitrogens with two attached hydrogens (primary N) is 1. The van der Waals surface area contributed by atoms with Gasteiger partial charge in [-0.1, -0.05) is 17.7 Å². The van der Waals surface area contributed by atoms with Crippen molar-refractivity contribution < 1.29 is 13.2 Å². The summed E-state index contributed by atoms with van der Waals surface area (Å²) in [7, 11) is -3.88. The number of sulfonamides is 1. The van der Waals surface area contributed by atoms with E-state index in [1.54, 1.807) is 35.8 Å². The van der Waals surface area contributed by atoms with Crippen molar-refractivity contribution in [3.63, 3.8) is 0 Å². The lowest BCUT2D eigenvalue weighted by molar-refractivity contribution is -0.130. The van der Waals surface area contributed by atoms with Crippen LogP contribution in [0.1, 0.15) is 11.8 Å². The molecule has 12 heteroatoms. The number of H-pyrrole nitrogens is 1. The van der Waals surface area contributed by atoms with Crippen LogP contribution in [0.2, 0.25) is 5.02 Å². The molecule has 1 amide bonds. The molecule has 0 aliphatic carbocycles. The number of amides is 1. The number of primary sulfonamides is 1. The van der Waals surface area contributed by atoms with E-state index in [9.17, 15) is 13.2 Å². The van der Waals surface area contributed by atoms with Crippen molar-refractivity contribution in [2.45, 2.75) is 17.7 Å². The molecule has 3 aromatic heterocycles. The van der Waals surface area contributed by atoms with Gasteiger partial charge in [0.25, 0.3) is 0 Å². The maximum Gasteiger partial charge on any atom is 0.248 e. The Morgan fingerprint density at radius 1 is 1.24 bits per heavy atom. The summed E-state index contributed by atoms with van der Waals surface area (Å²) in [4.78, 5) is 24.9. The van der Waals surface area contributed by atoms with Crippen LogP contribution in [-0.2, 0) is 21.4 Å². The second-order valence-electron chi connectivity index (χ2n) is 8.15. The lowest BCUT2D eigenvalue weighted by Gasteiger charge is -2.33. The van der Waals surface area contributed by atoms with Crippen LogP contribution in [0.5, 0.6) is 0 Å². The van der Waals surface area contributed by atoms with Crippen molar-refractivity contribution in [1.29, 1.82) is 0 Å². The Hall–Kier alpha value is -2.28. The number of aromatic nitrogens is 2. The largest absolute Gasteiger partial charge is 0.352 e. The Kier molecular flexibility index (Phi) is 6.25. The van der Waals surface area contributed by atoms with Gasteiger partial charge in [-0.25, -0.2) is 18.5 Å². The van der Waals surface area contributed by atoms with Crippen LogP contribution in [0, 0.1) is 0 Å². The third kappa shape index (κ3) is 4.51. The SMILES string of the molecule is CC(=O)N1CCN(Cc2cnc(-c3cc4ccc(Cl)c(-c5ccsc5S(N)(=O)=O)c4[nH]3)s2)CC1. The van der Waals surface area contributed by atoms with Gasteiger partial charge in [-0.3, -0.25) is 9.69 Å². The topological polar surface area (TPSA) is 112 Å². The van der Waals surface area contributed by atoms with Gasteiger partial charge in [0.2, 0.25) is 15.9 Å². The van der Waals surface area contributed by atoms with Gasteiger partial charge >= 0.3 is 0 Å². The second kappa shape index (κ2) is 9.06. The normalized spacial score (nSPS) is 15.3. The minimum absolute atomic E-state index is 0.0828. The monoisotopic (exact) mass is 535 g/mol. The van der Waals surface area contributed by atoms with Crippen molar-refractivity contribution in [2.75, 3.05) is 26.2 Å². The van der Waals surface area contributed by atoms with Gasteiger partial charge in [0.05, 0.1) is 16.2 Å². The number of nitrogens with zero attached hydrogens (tertiary/aromatic N) is 3. The molecule has 1 saturated heterocycles. The van der Waals surface area contributed by atoms with Crippen molar-refractivity contribution in [1.82, 2.24) is 19.8 Å². The molecule has 4 aromatic rings. The van der Waals surface area contributed by atoms with Crippen LogP contribution in [0.25, 0.3) is 32.7 Å². The highest BCUT2D eigenvalue weighted by molar-refractivity contribution is 7.91. The van der Waals surface area contributed by atoms with Gasteiger partial charge in [-0.15, -0.1) is 22.7 Å². The molecule has 5 rings (SSSR count). The molecule has 1 fully saturated rings. The number of aromatic amines is 1. The molecule has 0 bridgehead atoms. The summed E-state index contributed by atoms with van der Waals surface area (Å²) in [6.07, 6.45) is 1.88. The Balaban J connectivity index is 1.44. The Bertz CT molecular complexity index is 1480. The third-order valence-electron chi connectivity index (χ3n) is 5.88. The van der Waals surface area contributed by atoms with Crippen molar-refractivity contribution in [2.24, 2.45) is 5.14 Å². The smallest absolute Gasteiger partial charge is 0.248 e. The highest BCUT2D eigenvalue weighted by Gasteiger charge is 2.23. The van der Waals surface area contributed by atoms with Gasteiger partial charge in [-0.05, 0) is 23.6 Å². The average Bonchev–Trinajstić information content (AvgIpc) is 3.53. The molecule has 34 heavy (non-hydrogen) atoms. The first-order chi connectivity index (χ1) is 16.2. The van der Waals surface area contributed by atoms with E-state index >= 15 is 0 Å². The molecule has 0 spiro atoms. The molecule has 8 nitrogen and oxygen atoms in total. The van der Waals surface area contributed by atoms with Crippen LogP contribution < -0.4 is 5.14 Å². The Morgan fingerprint density at radius 3 is 2.71 bits per heavy atom. The number of piperazine rings is 1. The van der Waals surface area contributed by atoms with E-state index in [1.165, 1.54) is 0 Å². The van der Waals surface area contributed by atoms with Crippen LogP contribution in [0.3, 0.4) is 0 Å². The molecule has 0 saturated carbocycles. The Labute approximate surface area is 210 Å². The molecular formula is C22H22ClN5O3S3. The number of carbonyl (C=O) groups excluding carboxylic acids is 1. The van der Waals surface area contributed by atoms with Gasteiger partial charge in [0.15, 0.2) is 0 Å². The number of hydrogen-bond acceptors (Lipinski definition) is 7. The summed E-state index contributed by atoms with van der Waals surface area (Å²) < 4.78 is 24.2. The highest BCUT2D eigenvalue weighted by Crippen LogP contribution is 2.41. The first-order valence-corrected chi connectivity index (χ1v) is 14.2. The molecule has 178 valence electrons. The number of benzene rings is 1. The minimum atomic E-state index is -3.88. The molecule has 1 aliphatic rings. The van der Waals surface area contributed by atoms with E-state index in [0.717, 1.165) is 70.5 Å².